The Hall–Kier alpha value is -2.69. The van der Waals surface area contributed by atoms with Crippen LogP contribution < -0.4 is 10.6 Å². The molecule has 1 fully saturated rings. The third-order valence-corrected chi connectivity index (χ3v) is 6.05. The second kappa shape index (κ2) is 9.00. The van der Waals surface area contributed by atoms with Gasteiger partial charge in [-0.1, -0.05) is 18.2 Å². The zero-order valence-electron chi connectivity index (χ0n) is 15.0. The van der Waals surface area contributed by atoms with E-state index >= 15 is 0 Å². The molecule has 150 valence electrons. The lowest BCUT2D eigenvalue weighted by Crippen LogP contribution is -2.53. The van der Waals surface area contributed by atoms with E-state index in [2.05, 4.69) is 10.6 Å². The normalized spacial score (nSPS) is 17.8. The summed E-state index contributed by atoms with van der Waals surface area (Å²) in [5.41, 5.74) is 0. The number of hydrogen-bond donors (Lipinski definition) is 2. The van der Waals surface area contributed by atoms with E-state index in [0.717, 1.165) is 0 Å². The minimum absolute atomic E-state index is 0.0771. The average molecular weight is 407 g/mol. The molecule has 2 aromatic rings. The SMILES string of the molecule is O=C(NCc1ccco1)C(=O)NC[C@H]1OCCCN1S(=O)(=O)c1ccccc1. The topological polar surface area (TPSA) is 118 Å². The minimum atomic E-state index is -3.78. The first-order valence-corrected chi connectivity index (χ1v) is 10.2. The van der Waals surface area contributed by atoms with Crippen LogP contribution in [0.4, 0.5) is 0 Å². The van der Waals surface area contributed by atoms with Gasteiger partial charge in [-0.25, -0.2) is 8.42 Å². The molecule has 2 amide bonds. The molecule has 1 aromatic heterocycles. The van der Waals surface area contributed by atoms with Crippen LogP contribution in [0.5, 0.6) is 0 Å². The van der Waals surface area contributed by atoms with Gasteiger partial charge < -0.3 is 19.8 Å². The van der Waals surface area contributed by atoms with Crippen LogP contribution in [0, 0.1) is 0 Å². The second-order valence-electron chi connectivity index (χ2n) is 6.08. The molecule has 0 unspecified atom stereocenters. The fourth-order valence-electron chi connectivity index (χ4n) is 2.75. The van der Waals surface area contributed by atoms with E-state index in [0.29, 0.717) is 18.8 Å². The van der Waals surface area contributed by atoms with Crippen molar-refractivity contribution in [2.24, 2.45) is 0 Å². The number of nitrogens with zero attached hydrogens (tertiary/aromatic N) is 1. The predicted molar refractivity (Wildman–Crippen MR) is 98.3 cm³/mol. The Morgan fingerprint density at radius 2 is 1.82 bits per heavy atom. The molecule has 2 N–H and O–H groups in total. The summed E-state index contributed by atoms with van der Waals surface area (Å²) >= 11 is 0. The zero-order valence-corrected chi connectivity index (χ0v) is 15.9. The van der Waals surface area contributed by atoms with Crippen molar-refractivity contribution < 1.29 is 27.2 Å². The summed E-state index contributed by atoms with van der Waals surface area (Å²) in [5, 5.41) is 4.85. The summed E-state index contributed by atoms with van der Waals surface area (Å²) < 4.78 is 37.5. The van der Waals surface area contributed by atoms with Gasteiger partial charge in [0.25, 0.3) is 0 Å². The van der Waals surface area contributed by atoms with Gasteiger partial charge in [-0.2, -0.15) is 4.31 Å². The van der Waals surface area contributed by atoms with E-state index < -0.39 is 28.1 Å². The van der Waals surface area contributed by atoms with Crippen LogP contribution >= 0.6 is 0 Å². The predicted octanol–water partition coefficient (Wildman–Crippen LogP) is 0.449. The molecule has 10 heteroatoms. The van der Waals surface area contributed by atoms with Crippen molar-refractivity contribution >= 4 is 21.8 Å². The Kier molecular flexibility index (Phi) is 6.45. The van der Waals surface area contributed by atoms with E-state index in [1.165, 1.54) is 22.7 Å². The molecule has 28 heavy (non-hydrogen) atoms. The molecule has 0 radical (unpaired) electrons. The van der Waals surface area contributed by atoms with Crippen molar-refractivity contribution in [3.05, 3.63) is 54.5 Å². The number of carbonyl (C=O) groups is 2. The highest BCUT2D eigenvalue weighted by molar-refractivity contribution is 7.89. The highest BCUT2D eigenvalue weighted by Gasteiger charge is 2.34. The number of carbonyl (C=O) groups excluding carboxylic acids is 2. The summed E-state index contributed by atoms with van der Waals surface area (Å²) in [6.07, 6.45) is 1.12. The molecule has 0 bridgehead atoms. The van der Waals surface area contributed by atoms with Crippen LogP contribution in [-0.2, 0) is 30.9 Å². The number of sulfonamides is 1. The Labute approximate surface area is 162 Å². The molecule has 9 nitrogen and oxygen atoms in total. The summed E-state index contributed by atoms with van der Waals surface area (Å²) in [6.45, 7) is 0.571. The number of furan rings is 1. The maximum atomic E-state index is 12.9. The third kappa shape index (κ3) is 4.77. The maximum Gasteiger partial charge on any atom is 0.309 e. The number of benzene rings is 1. The van der Waals surface area contributed by atoms with E-state index in [4.69, 9.17) is 9.15 Å². The molecule has 3 rings (SSSR count). The highest BCUT2D eigenvalue weighted by Crippen LogP contribution is 2.21. The lowest BCUT2D eigenvalue weighted by Gasteiger charge is -2.34. The quantitative estimate of drug-likeness (QED) is 0.672. The Balaban J connectivity index is 1.58. The molecular weight excluding hydrogens is 386 g/mol. The second-order valence-corrected chi connectivity index (χ2v) is 7.97. The van der Waals surface area contributed by atoms with Crippen molar-refractivity contribution in [2.75, 3.05) is 19.7 Å². The van der Waals surface area contributed by atoms with Crippen LogP contribution in [0.25, 0.3) is 0 Å². The molecule has 1 saturated heterocycles. The number of amides is 2. The van der Waals surface area contributed by atoms with E-state index in [9.17, 15) is 18.0 Å². The monoisotopic (exact) mass is 407 g/mol. The van der Waals surface area contributed by atoms with Crippen molar-refractivity contribution in [3.63, 3.8) is 0 Å². The van der Waals surface area contributed by atoms with Gasteiger partial charge in [0, 0.05) is 6.54 Å². The smallest absolute Gasteiger partial charge is 0.309 e. The van der Waals surface area contributed by atoms with Crippen molar-refractivity contribution in [1.29, 1.82) is 0 Å². The van der Waals surface area contributed by atoms with Gasteiger partial charge in [0.2, 0.25) is 10.0 Å². The van der Waals surface area contributed by atoms with Crippen LogP contribution in [0.2, 0.25) is 0 Å². The summed E-state index contributed by atoms with van der Waals surface area (Å²) in [6, 6.07) is 11.3. The Morgan fingerprint density at radius 3 is 2.54 bits per heavy atom. The van der Waals surface area contributed by atoms with Gasteiger partial charge in [0.15, 0.2) is 0 Å². The van der Waals surface area contributed by atoms with E-state index in [-0.39, 0.29) is 24.5 Å². The van der Waals surface area contributed by atoms with Gasteiger partial charge in [0.1, 0.15) is 12.0 Å². The summed E-state index contributed by atoms with van der Waals surface area (Å²) in [7, 11) is -3.78. The van der Waals surface area contributed by atoms with Crippen LogP contribution in [0.3, 0.4) is 0 Å². The number of rotatable bonds is 6. The Morgan fingerprint density at radius 1 is 1.07 bits per heavy atom. The molecular formula is C18H21N3O6S. The molecule has 0 saturated carbocycles. The van der Waals surface area contributed by atoms with Crippen molar-refractivity contribution in [1.82, 2.24) is 14.9 Å². The van der Waals surface area contributed by atoms with Gasteiger partial charge in [-0.05, 0) is 30.7 Å². The Bertz CT molecular complexity index is 899. The van der Waals surface area contributed by atoms with Crippen LogP contribution in [0.15, 0.2) is 58.0 Å². The molecule has 0 aliphatic carbocycles. The third-order valence-electron chi connectivity index (χ3n) is 4.15. The van der Waals surface area contributed by atoms with E-state index in [1.54, 1.807) is 30.3 Å². The molecule has 1 aliphatic rings. The maximum absolute atomic E-state index is 12.9. The summed E-state index contributed by atoms with van der Waals surface area (Å²) in [4.78, 5) is 24.0. The van der Waals surface area contributed by atoms with Crippen LogP contribution in [0.1, 0.15) is 12.2 Å². The standard InChI is InChI=1S/C18H21N3O6S/c22-17(19-12-14-6-4-10-26-14)18(23)20-13-16-21(9-5-11-27-16)28(24,25)15-7-2-1-3-8-15/h1-4,6-8,10,16H,5,9,11-13H2,(H,19,22)(H,20,23)/t16-/m1/s1. The molecule has 2 heterocycles. The lowest BCUT2D eigenvalue weighted by molar-refractivity contribution is -0.140. The van der Waals surface area contributed by atoms with Gasteiger partial charge in [0.05, 0.1) is 30.9 Å². The summed E-state index contributed by atoms with van der Waals surface area (Å²) in [5.74, 6) is -1.21. The minimum Gasteiger partial charge on any atom is -0.467 e. The van der Waals surface area contributed by atoms with Crippen molar-refractivity contribution in [2.45, 2.75) is 24.1 Å². The zero-order chi connectivity index (χ0) is 20.0. The molecule has 1 atom stereocenters. The first-order chi connectivity index (χ1) is 13.5. The van der Waals surface area contributed by atoms with Gasteiger partial charge >= 0.3 is 11.8 Å². The number of nitrogens with one attached hydrogen (secondary N) is 2. The van der Waals surface area contributed by atoms with Gasteiger partial charge in [-0.15, -0.1) is 0 Å². The lowest BCUT2D eigenvalue weighted by atomic mass is 10.3. The van der Waals surface area contributed by atoms with Crippen LogP contribution in [-0.4, -0.2) is 50.5 Å². The molecule has 1 aromatic carbocycles. The highest BCUT2D eigenvalue weighted by atomic mass is 32.2. The average Bonchev–Trinajstić information content (AvgIpc) is 3.24. The first-order valence-electron chi connectivity index (χ1n) is 8.75. The van der Waals surface area contributed by atoms with Gasteiger partial charge in [-0.3, -0.25) is 9.59 Å². The largest absolute Gasteiger partial charge is 0.467 e. The van der Waals surface area contributed by atoms with E-state index in [1.807, 2.05) is 0 Å². The first kappa shape index (κ1) is 20.1. The fourth-order valence-corrected chi connectivity index (χ4v) is 4.34. The number of ether oxygens (including phenoxy) is 1. The fraction of sp³-hybridized carbons (Fsp3) is 0.333. The number of hydrogen-bond acceptors (Lipinski definition) is 6. The van der Waals surface area contributed by atoms with Crippen molar-refractivity contribution in [3.8, 4) is 0 Å². The molecule has 1 aliphatic heterocycles. The molecule has 0 spiro atoms.